The third-order valence-corrected chi connectivity index (χ3v) is 2.50. The zero-order chi connectivity index (χ0) is 12.8. The maximum absolute atomic E-state index is 11.0. The van der Waals surface area contributed by atoms with Crippen molar-refractivity contribution in [2.24, 2.45) is 5.92 Å². The van der Waals surface area contributed by atoms with Gasteiger partial charge < -0.3 is 10.2 Å². The van der Waals surface area contributed by atoms with Gasteiger partial charge in [-0.25, -0.2) is 0 Å². The highest BCUT2D eigenvalue weighted by Gasteiger charge is 2.35. The summed E-state index contributed by atoms with van der Waals surface area (Å²) in [5, 5.41) is 17.9. The van der Waals surface area contributed by atoms with Crippen molar-refractivity contribution in [2.75, 3.05) is 0 Å². The minimum atomic E-state index is -1.52. The number of carboxylic acids is 2. The summed E-state index contributed by atoms with van der Waals surface area (Å²) >= 11 is 0. The van der Waals surface area contributed by atoms with E-state index in [2.05, 4.69) is 5.92 Å². The quantitative estimate of drug-likeness (QED) is 0.597. The van der Waals surface area contributed by atoms with E-state index in [1.165, 1.54) is 0 Å². The number of rotatable bonds is 5. The van der Waals surface area contributed by atoms with Crippen molar-refractivity contribution in [3.63, 3.8) is 0 Å². The highest BCUT2D eigenvalue weighted by Crippen LogP contribution is 2.28. The van der Waals surface area contributed by atoms with Gasteiger partial charge in [-0.3, -0.25) is 9.59 Å². The molecule has 0 bridgehead atoms. The molecule has 1 atom stereocenters. The molecule has 17 heavy (non-hydrogen) atoms. The molecule has 4 heteroatoms. The first kappa shape index (κ1) is 12.8. The van der Waals surface area contributed by atoms with Crippen molar-refractivity contribution in [1.29, 1.82) is 0 Å². The molecular formula is C13H12O4. The van der Waals surface area contributed by atoms with Crippen molar-refractivity contribution in [3.05, 3.63) is 35.9 Å². The summed E-state index contributed by atoms with van der Waals surface area (Å²) in [7, 11) is 0. The highest BCUT2D eigenvalue weighted by molar-refractivity contribution is 5.94. The number of hydrogen-bond donors (Lipinski definition) is 2. The molecule has 0 fully saturated rings. The van der Waals surface area contributed by atoms with Gasteiger partial charge in [-0.2, -0.15) is 0 Å². The predicted molar refractivity (Wildman–Crippen MR) is 61.4 cm³/mol. The van der Waals surface area contributed by atoms with E-state index in [0.29, 0.717) is 5.56 Å². The molecular weight excluding hydrogens is 220 g/mol. The number of terminal acetylenes is 1. The third-order valence-electron chi connectivity index (χ3n) is 2.50. The van der Waals surface area contributed by atoms with Crippen LogP contribution in [0, 0.1) is 18.3 Å². The lowest BCUT2D eigenvalue weighted by atomic mass is 9.84. The molecule has 88 valence electrons. The molecule has 0 heterocycles. The first-order valence-electron chi connectivity index (χ1n) is 5.02. The smallest absolute Gasteiger partial charge is 0.318 e. The zero-order valence-electron chi connectivity index (χ0n) is 9.04. The van der Waals surface area contributed by atoms with Crippen molar-refractivity contribution >= 4 is 11.9 Å². The monoisotopic (exact) mass is 232 g/mol. The zero-order valence-corrected chi connectivity index (χ0v) is 9.04. The van der Waals surface area contributed by atoms with E-state index in [1.54, 1.807) is 30.3 Å². The number of hydrogen-bond acceptors (Lipinski definition) is 2. The Balaban J connectivity index is 3.12. The second-order valence-corrected chi connectivity index (χ2v) is 3.58. The lowest BCUT2D eigenvalue weighted by Crippen LogP contribution is -2.29. The summed E-state index contributed by atoms with van der Waals surface area (Å²) in [6, 6.07) is 8.58. The predicted octanol–water partition coefficient (Wildman–Crippen LogP) is 1.58. The summed E-state index contributed by atoms with van der Waals surface area (Å²) in [6.45, 7) is 0. The van der Waals surface area contributed by atoms with Gasteiger partial charge in [-0.05, 0) is 5.56 Å². The Morgan fingerprint density at radius 3 is 2.12 bits per heavy atom. The summed E-state index contributed by atoms with van der Waals surface area (Å²) in [6.07, 6.45) is 5.25. The van der Waals surface area contributed by atoms with Crippen LogP contribution < -0.4 is 0 Å². The maximum Gasteiger partial charge on any atom is 0.318 e. The van der Waals surface area contributed by atoms with Gasteiger partial charge in [0.25, 0.3) is 0 Å². The van der Waals surface area contributed by atoms with Crippen LogP contribution in [0.4, 0.5) is 0 Å². The largest absolute Gasteiger partial charge is 0.481 e. The molecule has 0 aliphatic rings. The minimum absolute atomic E-state index is 0.0767. The Bertz CT molecular complexity index is 430. The van der Waals surface area contributed by atoms with Gasteiger partial charge >= 0.3 is 11.9 Å². The fraction of sp³-hybridized carbons (Fsp3) is 0.231. The van der Waals surface area contributed by atoms with Crippen LogP contribution in [0.2, 0.25) is 0 Å². The summed E-state index contributed by atoms with van der Waals surface area (Å²) in [5.41, 5.74) is 0.625. The van der Waals surface area contributed by atoms with Gasteiger partial charge in [0, 0.05) is 12.3 Å². The van der Waals surface area contributed by atoms with E-state index in [-0.39, 0.29) is 6.42 Å². The van der Waals surface area contributed by atoms with E-state index < -0.39 is 23.8 Å². The van der Waals surface area contributed by atoms with Crippen molar-refractivity contribution < 1.29 is 19.8 Å². The molecule has 0 spiro atoms. The van der Waals surface area contributed by atoms with Crippen LogP contribution in [0.3, 0.4) is 0 Å². The van der Waals surface area contributed by atoms with Crippen LogP contribution in [0.15, 0.2) is 30.3 Å². The van der Waals surface area contributed by atoms with E-state index in [4.69, 9.17) is 16.6 Å². The van der Waals surface area contributed by atoms with Gasteiger partial charge in [0.05, 0.1) is 0 Å². The standard InChI is InChI=1S/C13H12O4/c1-2-6-10(9-7-4-3-5-8-9)11(12(14)15)13(16)17/h1,3-5,7-8,10-11H,6H2,(H,14,15)(H,16,17)/t10-/m1/s1. The van der Waals surface area contributed by atoms with E-state index in [0.717, 1.165) is 0 Å². The normalized spacial score (nSPS) is 11.8. The molecule has 1 rings (SSSR count). The molecule has 0 saturated heterocycles. The number of carboxylic acid groups (broad SMARTS) is 2. The fourth-order valence-corrected chi connectivity index (χ4v) is 1.71. The van der Waals surface area contributed by atoms with Crippen molar-refractivity contribution in [2.45, 2.75) is 12.3 Å². The molecule has 2 N–H and O–H groups in total. The second kappa shape index (κ2) is 5.71. The Morgan fingerprint density at radius 2 is 1.71 bits per heavy atom. The van der Waals surface area contributed by atoms with Crippen LogP contribution in [-0.2, 0) is 9.59 Å². The van der Waals surface area contributed by atoms with Crippen LogP contribution in [0.5, 0.6) is 0 Å². The molecule has 0 radical (unpaired) electrons. The number of benzene rings is 1. The minimum Gasteiger partial charge on any atom is -0.481 e. The molecule has 0 amide bonds. The molecule has 0 aliphatic heterocycles. The van der Waals surface area contributed by atoms with Gasteiger partial charge in [-0.1, -0.05) is 30.3 Å². The average molecular weight is 232 g/mol. The summed E-state index contributed by atoms with van der Waals surface area (Å²) in [5.74, 6) is -2.65. The molecule has 0 aliphatic carbocycles. The first-order chi connectivity index (χ1) is 8.07. The Hall–Kier alpha value is -2.28. The maximum atomic E-state index is 11.0. The lowest BCUT2D eigenvalue weighted by molar-refractivity contribution is -0.155. The molecule has 1 aromatic carbocycles. The molecule has 4 nitrogen and oxygen atoms in total. The molecule has 0 unspecified atom stereocenters. The van der Waals surface area contributed by atoms with Crippen molar-refractivity contribution in [1.82, 2.24) is 0 Å². The lowest BCUT2D eigenvalue weighted by Gasteiger charge is -2.19. The molecule has 1 aromatic rings. The molecule has 0 saturated carbocycles. The topological polar surface area (TPSA) is 74.6 Å². The average Bonchev–Trinajstić information content (AvgIpc) is 2.28. The van der Waals surface area contributed by atoms with Crippen molar-refractivity contribution in [3.8, 4) is 12.3 Å². The first-order valence-corrected chi connectivity index (χ1v) is 5.02. The van der Waals surface area contributed by atoms with Gasteiger partial charge in [0.2, 0.25) is 0 Å². The number of carbonyl (C=O) groups is 2. The Kier molecular flexibility index (Phi) is 4.29. The Morgan fingerprint density at radius 1 is 1.18 bits per heavy atom. The molecule has 0 aromatic heterocycles. The van der Waals surface area contributed by atoms with Gasteiger partial charge in [-0.15, -0.1) is 12.3 Å². The van der Waals surface area contributed by atoms with Crippen LogP contribution in [-0.4, -0.2) is 22.2 Å². The van der Waals surface area contributed by atoms with Crippen LogP contribution in [0.1, 0.15) is 17.9 Å². The van der Waals surface area contributed by atoms with Crippen LogP contribution >= 0.6 is 0 Å². The third kappa shape index (κ3) is 3.08. The SMILES string of the molecule is C#CC[C@H](c1ccccc1)C(C(=O)O)C(=O)O. The highest BCUT2D eigenvalue weighted by atomic mass is 16.4. The van der Waals surface area contributed by atoms with E-state index >= 15 is 0 Å². The van der Waals surface area contributed by atoms with Gasteiger partial charge in [0.1, 0.15) is 0 Å². The van der Waals surface area contributed by atoms with E-state index in [1.807, 2.05) is 0 Å². The van der Waals surface area contributed by atoms with E-state index in [9.17, 15) is 9.59 Å². The number of aliphatic carboxylic acids is 2. The van der Waals surface area contributed by atoms with Crippen LogP contribution in [0.25, 0.3) is 0 Å². The Labute approximate surface area is 98.9 Å². The summed E-state index contributed by atoms with van der Waals surface area (Å²) in [4.78, 5) is 22.0. The summed E-state index contributed by atoms with van der Waals surface area (Å²) < 4.78 is 0. The second-order valence-electron chi connectivity index (χ2n) is 3.58. The van der Waals surface area contributed by atoms with Gasteiger partial charge in [0.15, 0.2) is 5.92 Å². The fourth-order valence-electron chi connectivity index (χ4n) is 1.71.